The first-order chi connectivity index (χ1) is 35.2. The minimum absolute atomic E-state index is 0.407. The zero-order valence-corrected chi connectivity index (χ0v) is 36.8. The molecule has 0 spiro atoms. The molecule has 0 bridgehead atoms. The van der Waals surface area contributed by atoms with Crippen molar-refractivity contribution in [1.82, 2.24) is 0 Å². The molecule has 7 aromatic rings. The Morgan fingerprint density at radius 1 is 0.316 bits per heavy atom. The van der Waals surface area contributed by atoms with Crippen molar-refractivity contribution in [3.05, 3.63) is 200 Å². The molecule has 400 valence electrons. The monoisotopic (exact) mass is 1110 g/mol. The summed E-state index contributed by atoms with van der Waals surface area (Å²) in [6, 6.07) is 7.43. The van der Waals surface area contributed by atoms with E-state index in [4.69, 9.17) is 0 Å². The minimum Gasteiger partial charge on any atom is -0.302 e. The van der Waals surface area contributed by atoms with Gasteiger partial charge in [0.05, 0.1) is 5.69 Å². The summed E-state index contributed by atoms with van der Waals surface area (Å²) in [6.07, 6.45) is -12.7. The van der Waals surface area contributed by atoms with Crippen LogP contribution in [-0.2, 0) is 12.4 Å². The van der Waals surface area contributed by atoms with Crippen LogP contribution < -0.4 is 14.7 Å². The molecule has 0 aliphatic carbocycles. The molecule has 3 nitrogen and oxygen atoms in total. The van der Waals surface area contributed by atoms with Gasteiger partial charge in [-0.15, -0.1) is 0 Å². The van der Waals surface area contributed by atoms with Crippen molar-refractivity contribution in [1.29, 1.82) is 0 Å². The van der Waals surface area contributed by atoms with Gasteiger partial charge in [-0.2, -0.15) is 26.3 Å². The lowest BCUT2D eigenvalue weighted by Crippen LogP contribution is -2.27. The summed E-state index contributed by atoms with van der Waals surface area (Å²) in [5, 5.41) is 0. The van der Waals surface area contributed by atoms with Crippen molar-refractivity contribution in [2.45, 2.75) is 26.2 Å². The highest BCUT2D eigenvalue weighted by Crippen LogP contribution is 2.54. The molecule has 0 saturated heterocycles. The lowest BCUT2D eigenvalue weighted by Gasteiger charge is -2.33. The van der Waals surface area contributed by atoms with Crippen LogP contribution in [0.2, 0.25) is 0 Å². The molecule has 0 N–H and O–H groups in total. The summed E-state index contributed by atoms with van der Waals surface area (Å²) in [6.45, 7) is 4.04. The molecule has 0 fully saturated rings. The van der Waals surface area contributed by atoms with Crippen molar-refractivity contribution in [2.75, 3.05) is 14.7 Å². The average Bonchev–Trinajstić information content (AvgIpc) is 3.35. The Morgan fingerprint density at radius 2 is 0.539 bits per heavy atom. The third-order valence-corrected chi connectivity index (χ3v) is 11.0. The van der Waals surface area contributed by atoms with Crippen molar-refractivity contribution in [3.8, 4) is 0 Å². The summed E-state index contributed by atoms with van der Waals surface area (Å²) < 4.78 is 390. The van der Waals surface area contributed by atoms with Crippen molar-refractivity contribution in [2.24, 2.45) is 0 Å². The maximum atomic E-state index is 17.0. The Balaban J connectivity index is 1.67. The summed E-state index contributed by atoms with van der Waals surface area (Å²) >= 11 is 0. The quantitative estimate of drug-likeness (QED) is 0.0998. The van der Waals surface area contributed by atoms with E-state index < -0.39 is 217 Å². The zero-order chi connectivity index (χ0) is 56.9. The van der Waals surface area contributed by atoms with E-state index in [1.54, 1.807) is 0 Å². The first-order valence-electron chi connectivity index (χ1n) is 20.2. The highest BCUT2D eigenvalue weighted by molar-refractivity contribution is 5.89. The maximum absolute atomic E-state index is 17.0. The smallest absolute Gasteiger partial charge is 0.302 e. The van der Waals surface area contributed by atoms with E-state index in [2.05, 4.69) is 6.58 Å². The molecule has 0 radical (unpaired) electrons. The average molecular weight is 1110 g/mol. The van der Waals surface area contributed by atoms with Crippen LogP contribution in [0.15, 0.2) is 67.2 Å². The van der Waals surface area contributed by atoms with Crippen LogP contribution in [0.4, 0.5) is 161 Å². The van der Waals surface area contributed by atoms with E-state index in [-0.39, 0.29) is 0 Å². The maximum Gasteiger partial charge on any atom is 0.422 e. The first kappa shape index (κ1) is 55.7. The molecule has 28 heteroatoms. The second-order valence-electron chi connectivity index (χ2n) is 15.6. The lowest BCUT2D eigenvalue weighted by molar-refractivity contribution is -0.143. The van der Waals surface area contributed by atoms with Gasteiger partial charge in [-0.25, -0.2) is 83.4 Å². The molecule has 0 aliphatic rings. The molecule has 0 aliphatic heterocycles. The third-order valence-electron chi connectivity index (χ3n) is 11.0. The third kappa shape index (κ3) is 8.59. The van der Waals surface area contributed by atoms with Gasteiger partial charge in [0.2, 0.25) is 0 Å². The summed E-state index contributed by atoms with van der Waals surface area (Å²) in [5.41, 5.74) is -33.3. The van der Waals surface area contributed by atoms with Crippen LogP contribution >= 0.6 is 0 Å². The van der Waals surface area contributed by atoms with Crippen LogP contribution in [0.3, 0.4) is 0 Å². The summed E-state index contributed by atoms with van der Waals surface area (Å²) in [4.78, 5) is -3.24. The van der Waals surface area contributed by atoms with E-state index in [9.17, 15) is 35.1 Å². The molecule has 0 amide bonds. The van der Waals surface area contributed by atoms with Crippen LogP contribution in [0.25, 0.3) is 5.57 Å². The Bertz CT molecular complexity index is 3440. The standard InChI is InChI=1S/C48H18F25N3/c1-14(2)18-23(51)19(47(68,69)70)24(52)29(57)40(18)74(16-10-6-4-7-11-16)42-32(60)36(64)45(37(65)33(42)61)76(44-30(58)25(53)20(48(71,72)73)26(54)31(44)59)46-38(66)34(62)43(35(63)39(46)67)75(17-12-8-5-9-13-17)41-27(55)21(49)15(3)22(50)28(41)56/h4-13H,1H2,2-3H3. The molecule has 7 rings (SSSR count). The molecule has 0 heterocycles. The molecule has 7 aromatic carbocycles. The van der Waals surface area contributed by atoms with Crippen LogP contribution in [0, 0.1) is 117 Å². The number of nitrogens with zero attached hydrogens (tertiary/aromatic N) is 3. The van der Waals surface area contributed by atoms with Crippen molar-refractivity contribution < 1.29 is 110 Å². The number of rotatable bonds is 10. The Morgan fingerprint density at radius 3 is 0.816 bits per heavy atom. The van der Waals surface area contributed by atoms with Gasteiger partial charge in [0.1, 0.15) is 51.1 Å². The lowest BCUT2D eigenvalue weighted by atomic mass is 9.98. The number of alkyl halides is 6. The fourth-order valence-electron chi connectivity index (χ4n) is 7.72. The summed E-state index contributed by atoms with van der Waals surface area (Å²) in [5.74, 6) is -61.5. The van der Waals surface area contributed by atoms with E-state index in [1.165, 1.54) is 0 Å². The van der Waals surface area contributed by atoms with Crippen LogP contribution in [-0.4, -0.2) is 0 Å². The second kappa shape index (κ2) is 19.6. The largest absolute Gasteiger partial charge is 0.422 e. The van der Waals surface area contributed by atoms with E-state index in [1.807, 2.05) is 0 Å². The summed E-state index contributed by atoms with van der Waals surface area (Å²) in [7, 11) is 0. The number of hydrogen-bond donors (Lipinski definition) is 0. The number of anilines is 9. The SMILES string of the molecule is C=C(C)c1c(F)c(C(F)(F)F)c(F)c(F)c1N(c1ccccc1)c1c(F)c(F)c(N(c2c(F)c(F)c(N(c3ccccc3)c3c(F)c(F)c(C)c(F)c3F)c(F)c2F)c2c(F)c(F)c(C(F)(F)F)c(F)c2F)c(F)c1F. The molecule has 0 unspecified atom stereocenters. The minimum atomic E-state index is -6.55. The predicted octanol–water partition coefficient (Wildman–Crippen LogP) is 18.1. The van der Waals surface area contributed by atoms with E-state index >= 15 is 74.6 Å². The van der Waals surface area contributed by atoms with Gasteiger partial charge >= 0.3 is 12.4 Å². The number of hydrogen-bond acceptors (Lipinski definition) is 3. The molecule has 76 heavy (non-hydrogen) atoms. The van der Waals surface area contributed by atoms with Gasteiger partial charge in [0.15, 0.2) is 105 Å². The van der Waals surface area contributed by atoms with Gasteiger partial charge in [-0.1, -0.05) is 43.0 Å². The Labute approximate surface area is 407 Å². The normalized spacial score (nSPS) is 11.9. The fourth-order valence-corrected chi connectivity index (χ4v) is 7.72. The van der Waals surface area contributed by atoms with E-state index in [0.29, 0.717) is 38.1 Å². The Hall–Kier alpha value is -8.07. The molecular formula is C48H18F25N3. The topological polar surface area (TPSA) is 9.72 Å². The number of para-hydroxylation sites is 2. The van der Waals surface area contributed by atoms with Crippen LogP contribution in [0.5, 0.6) is 0 Å². The van der Waals surface area contributed by atoms with Crippen molar-refractivity contribution in [3.63, 3.8) is 0 Å². The number of benzene rings is 7. The van der Waals surface area contributed by atoms with Crippen molar-refractivity contribution >= 4 is 56.8 Å². The second-order valence-corrected chi connectivity index (χ2v) is 15.6. The first-order valence-corrected chi connectivity index (χ1v) is 20.2. The Kier molecular flexibility index (Phi) is 14.3. The van der Waals surface area contributed by atoms with Gasteiger partial charge in [-0.05, 0) is 43.7 Å². The number of halogens is 25. The van der Waals surface area contributed by atoms with Gasteiger partial charge in [0.25, 0.3) is 0 Å². The predicted molar refractivity (Wildman–Crippen MR) is 219 cm³/mol. The molecule has 0 atom stereocenters. The van der Waals surface area contributed by atoms with Gasteiger partial charge in [-0.3, -0.25) is 9.80 Å². The number of allylic oxidation sites excluding steroid dienone is 1. The molecular weight excluding hydrogens is 1090 g/mol. The van der Waals surface area contributed by atoms with E-state index in [0.717, 1.165) is 36.4 Å². The van der Waals surface area contributed by atoms with Gasteiger partial charge < -0.3 is 4.90 Å². The highest BCUT2D eigenvalue weighted by atomic mass is 19.4. The highest BCUT2D eigenvalue weighted by Gasteiger charge is 2.48. The fraction of sp³-hybridized carbons (Fsp3) is 0.0833. The molecule has 0 saturated carbocycles. The zero-order valence-electron chi connectivity index (χ0n) is 36.8. The van der Waals surface area contributed by atoms with Crippen LogP contribution in [0.1, 0.15) is 29.2 Å². The van der Waals surface area contributed by atoms with Gasteiger partial charge in [0, 0.05) is 22.5 Å². The molecule has 0 aromatic heterocycles.